The van der Waals surface area contributed by atoms with Crippen molar-refractivity contribution in [3.05, 3.63) is 18.0 Å². The number of aryl methyl sites for hydroxylation is 1. The van der Waals surface area contributed by atoms with Crippen molar-refractivity contribution in [2.75, 3.05) is 19.6 Å². The first-order valence-corrected chi connectivity index (χ1v) is 5.94. The van der Waals surface area contributed by atoms with Crippen LogP contribution in [0.25, 0.3) is 0 Å². The van der Waals surface area contributed by atoms with Crippen molar-refractivity contribution in [2.24, 2.45) is 13.0 Å². The van der Waals surface area contributed by atoms with E-state index in [9.17, 15) is 4.79 Å². The van der Waals surface area contributed by atoms with Gasteiger partial charge >= 0.3 is 0 Å². The molecule has 4 heteroatoms. The molecule has 0 saturated carbocycles. The SMILES string of the molecule is Cn1nccc1CCN1CCC(C=O)CC1. The lowest BCUT2D eigenvalue weighted by atomic mass is 9.98. The summed E-state index contributed by atoms with van der Waals surface area (Å²) < 4.78 is 1.93. The highest BCUT2D eigenvalue weighted by Gasteiger charge is 2.18. The molecule has 0 amide bonds. The third kappa shape index (κ3) is 2.70. The maximum Gasteiger partial charge on any atom is 0.123 e. The molecule has 0 unspecified atom stereocenters. The number of rotatable bonds is 4. The second-order valence-corrected chi connectivity index (χ2v) is 4.51. The van der Waals surface area contributed by atoms with Crippen LogP contribution in [0.2, 0.25) is 0 Å². The first-order chi connectivity index (χ1) is 7.79. The quantitative estimate of drug-likeness (QED) is 0.708. The highest BCUT2D eigenvalue weighted by molar-refractivity contribution is 5.53. The van der Waals surface area contributed by atoms with Gasteiger partial charge in [0.05, 0.1) is 0 Å². The van der Waals surface area contributed by atoms with Crippen LogP contribution in [0.3, 0.4) is 0 Å². The van der Waals surface area contributed by atoms with Crippen molar-refractivity contribution in [1.29, 1.82) is 0 Å². The maximum absolute atomic E-state index is 10.6. The lowest BCUT2D eigenvalue weighted by molar-refractivity contribution is -0.112. The molecular formula is C12H19N3O. The zero-order valence-corrected chi connectivity index (χ0v) is 9.80. The van der Waals surface area contributed by atoms with Crippen LogP contribution in [0.5, 0.6) is 0 Å². The standard InChI is InChI=1S/C12H19N3O/c1-14-12(2-6-13-14)5-9-15-7-3-11(10-16)4-8-15/h2,6,10-11H,3-5,7-9H2,1H3. The van der Waals surface area contributed by atoms with Gasteiger partial charge < -0.3 is 9.69 Å². The van der Waals surface area contributed by atoms with E-state index in [1.54, 1.807) is 0 Å². The minimum Gasteiger partial charge on any atom is -0.303 e. The molecule has 1 aromatic heterocycles. The lowest BCUT2D eigenvalue weighted by Gasteiger charge is -2.29. The van der Waals surface area contributed by atoms with Crippen molar-refractivity contribution in [3.63, 3.8) is 0 Å². The molecule has 16 heavy (non-hydrogen) atoms. The van der Waals surface area contributed by atoms with Crippen LogP contribution in [0.1, 0.15) is 18.5 Å². The number of carbonyl (C=O) groups excluding carboxylic acids is 1. The summed E-state index contributed by atoms with van der Waals surface area (Å²) in [6, 6.07) is 2.07. The zero-order valence-electron chi connectivity index (χ0n) is 9.80. The van der Waals surface area contributed by atoms with Crippen LogP contribution in [-0.4, -0.2) is 40.6 Å². The van der Waals surface area contributed by atoms with Crippen molar-refractivity contribution in [2.45, 2.75) is 19.3 Å². The van der Waals surface area contributed by atoms with Gasteiger partial charge in [-0.2, -0.15) is 5.10 Å². The van der Waals surface area contributed by atoms with E-state index in [1.807, 2.05) is 17.9 Å². The Morgan fingerprint density at radius 2 is 2.25 bits per heavy atom. The second-order valence-electron chi connectivity index (χ2n) is 4.51. The minimum atomic E-state index is 0.299. The third-order valence-electron chi connectivity index (χ3n) is 3.43. The topological polar surface area (TPSA) is 38.1 Å². The highest BCUT2D eigenvalue weighted by atomic mass is 16.1. The summed E-state index contributed by atoms with van der Waals surface area (Å²) in [7, 11) is 1.98. The van der Waals surface area contributed by atoms with Crippen LogP contribution in [0.4, 0.5) is 0 Å². The van der Waals surface area contributed by atoms with Gasteiger partial charge in [0.1, 0.15) is 6.29 Å². The summed E-state index contributed by atoms with van der Waals surface area (Å²) in [5.41, 5.74) is 1.28. The number of likely N-dealkylation sites (tertiary alicyclic amines) is 1. The fourth-order valence-electron chi connectivity index (χ4n) is 2.23. The van der Waals surface area contributed by atoms with Gasteiger partial charge in [0.2, 0.25) is 0 Å². The Kier molecular flexibility index (Phi) is 3.72. The maximum atomic E-state index is 10.6. The van der Waals surface area contributed by atoms with Crippen LogP contribution in [-0.2, 0) is 18.3 Å². The van der Waals surface area contributed by atoms with E-state index in [2.05, 4.69) is 16.1 Å². The number of carbonyl (C=O) groups is 1. The van der Waals surface area contributed by atoms with Gasteiger partial charge in [-0.1, -0.05) is 0 Å². The van der Waals surface area contributed by atoms with E-state index >= 15 is 0 Å². The molecule has 1 fully saturated rings. The van der Waals surface area contributed by atoms with E-state index in [0.717, 1.165) is 45.2 Å². The van der Waals surface area contributed by atoms with Gasteiger partial charge in [0.15, 0.2) is 0 Å². The first kappa shape index (κ1) is 11.3. The van der Waals surface area contributed by atoms with E-state index < -0.39 is 0 Å². The number of aromatic nitrogens is 2. The monoisotopic (exact) mass is 221 g/mol. The van der Waals surface area contributed by atoms with Gasteiger partial charge in [-0.15, -0.1) is 0 Å². The predicted molar refractivity (Wildman–Crippen MR) is 62.1 cm³/mol. The number of nitrogens with zero attached hydrogens (tertiary/aromatic N) is 3. The molecule has 1 saturated heterocycles. The number of aldehydes is 1. The fourth-order valence-corrected chi connectivity index (χ4v) is 2.23. The van der Waals surface area contributed by atoms with E-state index in [1.165, 1.54) is 5.69 Å². The number of hydrogen-bond acceptors (Lipinski definition) is 3. The average molecular weight is 221 g/mol. The Morgan fingerprint density at radius 3 is 2.81 bits per heavy atom. The van der Waals surface area contributed by atoms with Gasteiger partial charge in [-0.25, -0.2) is 0 Å². The van der Waals surface area contributed by atoms with Gasteiger partial charge in [0.25, 0.3) is 0 Å². The van der Waals surface area contributed by atoms with Crippen LogP contribution in [0.15, 0.2) is 12.3 Å². The second kappa shape index (κ2) is 5.25. The Labute approximate surface area is 96.2 Å². The average Bonchev–Trinajstić information content (AvgIpc) is 2.73. The molecule has 0 spiro atoms. The van der Waals surface area contributed by atoms with Crippen molar-refractivity contribution >= 4 is 6.29 Å². The summed E-state index contributed by atoms with van der Waals surface area (Å²) in [5, 5.41) is 4.16. The summed E-state index contributed by atoms with van der Waals surface area (Å²) >= 11 is 0. The molecule has 0 N–H and O–H groups in total. The number of piperidine rings is 1. The van der Waals surface area contributed by atoms with Gasteiger partial charge in [-0.05, 0) is 32.0 Å². The Morgan fingerprint density at radius 1 is 1.50 bits per heavy atom. The smallest absolute Gasteiger partial charge is 0.123 e. The molecule has 1 aromatic rings. The predicted octanol–water partition coefficient (Wildman–Crippen LogP) is 0.873. The van der Waals surface area contributed by atoms with E-state index in [-0.39, 0.29) is 0 Å². The molecule has 0 aromatic carbocycles. The molecule has 4 nitrogen and oxygen atoms in total. The van der Waals surface area contributed by atoms with Gasteiger partial charge in [-0.3, -0.25) is 4.68 Å². The first-order valence-electron chi connectivity index (χ1n) is 5.94. The molecular weight excluding hydrogens is 202 g/mol. The molecule has 0 atom stereocenters. The molecule has 88 valence electrons. The highest BCUT2D eigenvalue weighted by Crippen LogP contribution is 2.15. The summed E-state index contributed by atoms with van der Waals surface area (Å²) in [6.45, 7) is 3.19. The van der Waals surface area contributed by atoms with E-state index in [4.69, 9.17) is 0 Å². The summed E-state index contributed by atoms with van der Waals surface area (Å²) in [5.74, 6) is 0.299. The molecule has 2 heterocycles. The van der Waals surface area contributed by atoms with Crippen molar-refractivity contribution < 1.29 is 4.79 Å². The minimum absolute atomic E-state index is 0.299. The Balaban J connectivity index is 1.75. The molecule has 2 rings (SSSR count). The van der Waals surface area contributed by atoms with Crippen LogP contribution >= 0.6 is 0 Å². The van der Waals surface area contributed by atoms with Crippen molar-refractivity contribution in [1.82, 2.24) is 14.7 Å². The molecule has 1 aliphatic heterocycles. The molecule has 0 radical (unpaired) electrons. The van der Waals surface area contributed by atoms with E-state index in [0.29, 0.717) is 5.92 Å². The Hall–Kier alpha value is -1.16. The zero-order chi connectivity index (χ0) is 11.4. The lowest BCUT2D eigenvalue weighted by Crippen LogP contribution is -2.35. The summed E-state index contributed by atoms with van der Waals surface area (Å²) in [4.78, 5) is 13.1. The molecule has 1 aliphatic rings. The van der Waals surface area contributed by atoms with Gasteiger partial charge in [0, 0.05) is 37.8 Å². The Bertz CT molecular complexity index is 340. The molecule has 0 aliphatic carbocycles. The fraction of sp³-hybridized carbons (Fsp3) is 0.667. The largest absolute Gasteiger partial charge is 0.303 e. The third-order valence-corrected chi connectivity index (χ3v) is 3.43. The normalized spacial score (nSPS) is 18.8. The van der Waals surface area contributed by atoms with Crippen LogP contribution in [0, 0.1) is 5.92 Å². The van der Waals surface area contributed by atoms with Crippen LogP contribution < -0.4 is 0 Å². The number of hydrogen-bond donors (Lipinski definition) is 0. The molecule has 0 bridgehead atoms. The summed E-state index contributed by atoms with van der Waals surface area (Å²) in [6.07, 6.45) is 6.04. The van der Waals surface area contributed by atoms with Crippen molar-refractivity contribution in [3.8, 4) is 0 Å².